The normalized spacial score (nSPS) is 11.4. The highest BCUT2D eigenvalue weighted by atomic mass is 16.5. The molecule has 7 heteroatoms. The van der Waals surface area contributed by atoms with Crippen LogP contribution in [0.1, 0.15) is 12.2 Å². The maximum absolute atomic E-state index is 5.35. The number of fused-ring (bicyclic) bond motifs is 1. The van der Waals surface area contributed by atoms with Crippen LogP contribution >= 0.6 is 0 Å². The molecule has 3 heterocycles. The fourth-order valence-electron chi connectivity index (χ4n) is 2.43. The molecular weight excluding hydrogens is 282 g/mol. The van der Waals surface area contributed by atoms with E-state index in [9.17, 15) is 0 Å². The maximum atomic E-state index is 5.35. The van der Waals surface area contributed by atoms with E-state index in [2.05, 4.69) is 26.9 Å². The first kappa shape index (κ1) is 14.5. The summed E-state index contributed by atoms with van der Waals surface area (Å²) < 4.78 is 12.6. The molecule has 116 valence electrons. The van der Waals surface area contributed by atoms with Gasteiger partial charge in [-0.25, -0.2) is 9.97 Å². The molecule has 0 unspecified atom stereocenters. The van der Waals surface area contributed by atoms with Gasteiger partial charge >= 0.3 is 0 Å². The van der Waals surface area contributed by atoms with Gasteiger partial charge in [-0.15, -0.1) is 0 Å². The molecule has 0 aliphatic carbocycles. The number of methoxy groups -OCH3 is 1. The molecule has 0 atom stereocenters. The van der Waals surface area contributed by atoms with E-state index in [1.54, 1.807) is 19.7 Å². The fraction of sp³-hybridized carbons (Fsp3) is 0.400. The van der Waals surface area contributed by atoms with Gasteiger partial charge in [0, 0.05) is 13.1 Å². The van der Waals surface area contributed by atoms with Gasteiger partial charge in [0.1, 0.15) is 12.1 Å². The summed E-state index contributed by atoms with van der Waals surface area (Å²) >= 11 is 0. The van der Waals surface area contributed by atoms with Crippen LogP contribution in [-0.2, 0) is 13.1 Å². The molecule has 0 aromatic carbocycles. The smallest absolute Gasteiger partial charge is 0.245 e. The molecule has 0 N–H and O–H groups in total. The van der Waals surface area contributed by atoms with Crippen LogP contribution in [0.5, 0.6) is 5.88 Å². The molecule has 3 aromatic rings. The highest BCUT2D eigenvalue weighted by molar-refractivity contribution is 5.75. The van der Waals surface area contributed by atoms with Gasteiger partial charge < -0.3 is 13.7 Å². The molecule has 0 fully saturated rings. The van der Waals surface area contributed by atoms with Crippen LogP contribution < -0.4 is 4.74 Å². The topological polar surface area (TPSA) is 69.2 Å². The zero-order valence-corrected chi connectivity index (χ0v) is 12.8. The summed E-state index contributed by atoms with van der Waals surface area (Å²) in [4.78, 5) is 14.9. The SMILES string of the molecule is COc1ncnc2c1ncn2CCCN(C)Cc1ccco1. The summed E-state index contributed by atoms with van der Waals surface area (Å²) in [6.07, 6.45) is 5.99. The lowest BCUT2D eigenvalue weighted by Gasteiger charge is -2.15. The van der Waals surface area contributed by atoms with Gasteiger partial charge in [-0.3, -0.25) is 4.90 Å². The minimum absolute atomic E-state index is 0.513. The van der Waals surface area contributed by atoms with E-state index in [0.29, 0.717) is 11.4 Å². The van der Waals surface area contributed by atoms with Crippen LogP contribution in [0.25, 0.3) is 11.2 Å². The van der Waals surface area contributed by atoms with Gasteiger partial charge in [0.25, 0.3) is 0 Å². The predicted octanol–water partition coefficient (Wildman–Crippen LogP) is 1.95. The summed E-state index contributed by atoms with van der Waals surface area (Å²) in [7, 11) is 3.67. The lowest BCUT2D eigenvalue weighted by atomic mass is 10.3. The highest BCUT2D eigenvalue weighted by Gasteiger charge is 2.10. The molecule has 3 aromatic heterocycles. The number of aromatic nitrogens is 4. The van der Waals surface area contributed by atoms with Gasteiger partial charge in [-0.2, -0.15) is 4.98 Å². The minimum atomic E-state index is 0.513. The predicted molar refractivity (Wildman–Crippen MR) is 81.5 cm³/mol. The second kappa shape index (κ2) is 6.57. The summed E-state index contributed by atoms with van der Waals surface area (Å²) in [6.45, 7) is 2.62. The van der Waals surface area contributed by atoms with E-state index in [4.69, 9.17) is 9.15 Å². The number of hydrogen-bond acceptors (Lipinski definition) is 6. The fourth-order valence-corrected chi connectivity index (χ4v) is 2.43. The lowest BCUT2D eigenvalue weighted by molar-refractivity contribution is 0.286. The van der Waals surface area contributed by atoms with Crippen molar-refractivity contribution in [1.82, 2.24) is 24.4 Å². The molecule has 0 saturated heterocycles. The van der Waals surface area contributed by atoms with Crippen molar-refractivity contribution in [3.05, 3.63) is 36.8 Å². The van der Waals surface area contributed by atoms with E-state index < -0.39 is 0 Å². The summed E-state index contributed by atoms with van der Waals surface area (Å²) in [5.41, 5.74) is 1.51. The molecule has 3 rings (SSSR count). The average molecular weight is 301 g/mol. The van der Waals surface area contributed by atoms with E-state index in [-0.39, 0.29) is 0 Å². The average Bonchev–Trinajstić information content (AvgIpc) is 3.17. The molecule has 0 spiro atoms. The Morgan fingerprint density at radius 3 is 3.00 bits per heavy atom. The third-order valence-electron chi connectivity index (χ3n) is 3.51. The number of rotatable bonds is 7. The number of hydrogen-bond donors (Lipinski definition) is 0. The minimum Gasteiger partial charge on any atom is -0.479 e. The van der Waals surface area contributed by atoms with E-state index in [0.717, 1.165) is 37.5 Å². The van der Waals surface area contributed by atoms with Crippen molar-refractivity contribution in [3.63, 3.8) is 0 Å². The van der Waals surface area contributed by atoms with Crippen molar-refractivity contribution < 1.29 is 9.15 Å². The van der Waals surface area contributed by atoms with Crippen molar-refractivity contribution in [1.29, 1.82) is 0 Å². The maximum Gasteiger partial charge on any atom is 0.245 e. The van der Waals surface area contributed by atoms with Crippen molar-refractivity contribution in [2.24, 2.45) is 0 Å². The Kier molecular flexibility index (Phi) is 4.34. The van der Waals surface area contributed by atoms with E-state index in [1.165, 1.54) is 6.33 Å². The second-order valence-electron chi connectivity index (χ2n) is 5.16. The summed E-state index contributed by atoms with van der Waals surface area (Å²) in [5, 5.41) is 0. The van der Waals surface area contributed by atoms with Gasteiger partial charge in [-0.1, -0.05) is 0 Å². The molecule has 0 radical (unpaired) electrons. The molecule has 0 bridgehead atoms. The Morgan fingerprint density at radius 1 is 1.32 bits per heavy atom. The molecule has 0 saturated carbocycles. The number of imidazole rings is 1. The van der Waals surface area contributed by atoms with Crippen molar-refractivity contribution in [3.8, 4) is 5.88 Å². The highest BCUT2D eigenvalue weighted by Crippen LogP contribution is 2.19. The third-order valence-corrected chi connectivity index (χ3v) is 3.51. The summed E-state index contributed by atoms with van der Waals surface area (Å²) in [6, 6.07) is 3.90. The standard InChI is InChI=1S/C15H19N5O2/c1-19(9-12-5-3-8-22-12)6-4-7-20-11-18-13-14(20)16-10-17-15(13)21-2/h3,5,8,10-11H,4,6-7,9H2,1-2H3. The van der Waals surface area contributed by atoms with Crippen LogP contribution in [0.4, 0.5) is 0 Å². The first-order valence-electron chi connectivity index (χ1n) is 7.18. The molecule has 0 aliphatic rings. The first-order chi connectivity index (χ1) is 10.8. The zero-order chi connectivity index (χ0) is 15.4. The van der Waals surface area contributed by atoms with Crippen LogP contribution in [-0.4, -0.2) is 45.1 Å². The largest absolute Gasteiger partial charge is 0.479 e. The van der Waals surface area contributed by atoms with Crippen molar-refractivity contribution >= 4 is 11.2 Å². The molecular formula is C15H19N5O2. The first-order valence-corrected chi connectivity index (χ1v) is 7.18. The Bertz CT molecular complexity index is 723. The van der Waals surface area contributed by atoms with Crippen LogP contribution in [0.2, 0.25) is 0 Å². The van der Waals surface area contributed by atoms with Crippen LogP contribution in [0.15, 0.2) is 35.5 Å². The van der Waals surface area contributed by atoms with Crippen molar-refractivity contribution in [2.75, 3.05) is 20.7 Å². The second-order valence-corrected chi connectivity index (χ2v) is 5.16. The Labute approximate surface area is 128 Å². The Morgan fingerprint density at radius 2 is 2.23 bits per heavy atom. The van der Waals surface area contributed by atoms with Gasteiger partial charge in [0.15, 0.2) is 11.2 Å². The number of furan rings is 1. The molecule has 0 amide bonds. The van der Waals surface area contributed by atoms with E-state index in [1.807, 2.05) is 16.7 Å². The van der Waals surface area contributed by atoms with Crippen molar-refractivity contribution in [2.45, 2.75) is 19.5 Å². The number of ether oxygens (including phenoxy) is 1. The Hall–Kier alpha value is -2.41. The number of nitrogens with zero attached hydrogens (tertiary/aromatic N) is 5. The van der Waals surface area contributed by atoms with Gasteiger partial charge in [-0.05, 0) is 25.6 Å². The van der Waals surface area contributed by atoms with Crippen LogP contribution in [0.3, 0.4) is 0 Å². The quantitative estimate of drug-likeness (QED) is 0.664. The monoisotopic (exact) mass is 301 g/mol. The van der Waals surface area contributed by atoms with Gasteiger partial charge in [0.2, 0.25) is 5.88 Å². The van der Waals surface area contributed by atoms with Crippen LogP contribution in [0, 0.1) is 0 Å². The molecule has 7 nitrogen and oxygen atoms in total. The lowest BCUT2D eigenvalue weighted by Crippen LogP contribution is -2.20. The molecule has 0 aliphatic heterocycles. The third kappa shape index (κ3) is 3.09. The Balaban J connectivity index is 1.58. The zero-order valence-electron chi connectivity index (χ0n) is 12.8. The summed E-state index contributed by atoms with van der Waals surface area (Å²) in [5.74, 6) is 1.49. The van der Waals surface area contributed by atoms with Gasteiger partial charge in [0.05, 0.1) is 26.2 Å². The molecule has 22 heavy (non-hydrogen) atoms. The van der Waals surface area contributed by atoms with E-state index >= 15 is 0 Å². The number of aryl methyl sites for hydroxylation is 1.